The van der Waals surface area contributed by atoms with E-state index in [1.54, 1.807) is 7.05 Å². The van der Waals surface area contributed by atoms with Crippen LogP contribution in [0.5, 0.6) is 0 Å². The fourth-order valence-corrected chi connectivity index (χ4v) is 3.36. The van der Waals surface area contributed by atoms with E-state index in [1.807, 2.05) is 12.3 Å². The Balaban J connectivity index is 1.36. The molecular weight excluding hydrogens is 334 g/mol. The minimum atomic E-state index is 0.682. The van der Waals surface area contributed by atoms with Crippen LogP contribution in [0.15, 0.2) is 72.0 Å². The highest BCUT2D eigenvalue weighted by Crippen LogP contribution is 2.18. The van der Waals surface area contributed by atoms with E-state index in [4.69, 9.17) is 0 Å². The number of H-pyrrole nitrogens is 1. The third-order valence-corrected chi connectivity index (χ3v) is 4.75. The van der Waals surface area contributed by atoms with Gasteiger partial charge in [0.15, 0.2) is 5.96 Å². The summed E-state index contributed by atoms with van der Waals surface area (Å²) in [5.74, 6) is 0.794. The molecule has 5 heteroatoms. The zero-order chi connectivity index (χ0) is 18.5. The number of para-hydroxylation sites is 2. The van der Waals surface area contributed by atoms with Gasteiger partial charge in [-0.25, -0.2) is 0 Å². The third kappa shape index (κ3) is 3.77. The summed E-state index contributed by atoms with van der Waals surface area (Å²) < 4.78 is 0. The zero-order valence-corrected chi connectivity index (χ0v) is 15.4. The number of aromatic nitrogens is 2. The molecule has 0 spiro atoms. The first kappa shape index (κ1) is 17.1. The molecule has 0 aliphatic rings. The third-order valence-electron chi connectivity index (χ3n) is 4.75. The maximum absolute atomic E-state index is 4.51. The number of nitrogens with zero attached hydrogens (tertiary/aromatic N) is 2. The summed E-state index contributed by atoms with van der Waals surface area (Å²) in [7, 11) is 1.79. The van der Waals surface area contributed by atoms with Gasteiger partial charge in [0, 0.05) is 48.8 Å². The van der Waals surface area contributed by atoms with Crippen molar-refractivity contribution in [1.29, 1.82) is 0 Å². The van der Waals surface area contributed by atoms with Gasteiger partial charge in [0.05, 0.1) is 5.52 Å². The SMILES string of the molecule is CN=C(NCCc1c[nH]c2ccccc12)NCc1cccc2cccnc12. The van der Waals surface area contributed by atoms with Crippen LogP contribution in [0.3, 0.4) is 0 Å². The summed E-state index contributed by atoms with van der Waals surface area (Å²) in [6, 6.07) is 18.7. The van der Waals surface area contributed by atoms with E-state index < -0.39 is 0 Å². The first-order valence-electron chi connectivity index (χ1n) is 9.17. The number of hydrogen-bond donors (Lipinski definition) is 3. The molecule has 5 nitrogen and oxygen atoms in total. The molecular formula is C22H23N5. The first-order valence-corrected chi connectivity index (χ1v) is 9.17. The van der Waals surface area contributed by atoms with Gasteiger partial charge in [-0.3, -0.25) is 9.98 Å². The van der Waals surface area contributed by atoms with Crippen LogP contribution in [-0.2, 0) is 13.0 Å². The second-order valence-corrected chi connectivity index (χ2v) is 6.45. The lowest BCUT2D eigenvalue weighted by molar-refractivity contribution is 0.798. The number of rotatable bonds is 5. The number of hydrogen-bond acceptors (Lipinski definition) is 2. The minimum Gasteiger partial charge on any atom is -0.361 e. The van der Waals surface area contributed by atoms with E-state index >= 15 is 0 Å². The monoisotopic (exact) mass is 357 g/mol. The molecule has 27 heavy (non-hydrogen) atoms. The Bertz CT molecular complexity index is 1070. The van der Waals surface area contributed by atoms with E-state index in [9.17, 15) is 0 Å². The number of pyridine rings is 1. The van der Waals surface area contributed by atoms with Crippen molar-refractivity contribution >= 4 is 27.8 Å². The maximum atomic E-state index is 4.51. The molecule has 0 aliphatic carbocycles. The first-order chi connectivity index (χ1) is 13.3. The summed E-state index contributed by atoms with van der Waals surface area (Å²) in [5.41, 5.74) is 4.68. The lowest BCUT2D eigenvalue weighted by atomic mass is 10.1. The molecule has 2 heterocycles. The molecule has 0 unspecified atom stereocenters. The van der Waals surface area contributed by atoms with Crippen LogP contribution in [0.1, 0.15) is 11.1 Å². The van der Waals surface area contributed by atoms with Crippen LogP contribution in [0.2, 0.25) is 0 Å². The fourth-order valence-electron chi connectivity index (χ4n) is 3.36. The molecule has 0 fully saturated rings. The summed E-state index contributed by atoms with van der Waals surface area (Å²) in [4.78, 5) is 12.2. The summed E-state index contributed by atoms with van der Waals surface area (Å²) >= 11 is 0. The predicted octanol–water partition coefficient (Wildman–Crippen LogP) is 3.62. The highest BCUT2D eigenvalue weighted by atomic mass is 15.2. The molecule has 0 aliphatic heterocycles. The number of nitrogens with one attached hydrogen (secondary N) is 3. The van der Waals surface area contributed by atoms with Gasteiger partial charge in [-0.05, 0) is 29.7 Å². The van der Waals surface area contributed by atoms with Crippen molar-refractivity contribution in [3.8, 4) is 0 Å². The Labute approximate surface area is 158 Å². The van der Waals surface area contributed by atoms with Crippen molar-refractivity contribution < 1.29 is 0 Å². The maximum Gasteiger partial charge on any atom is 0.191 e. The van der Waals surface area contributed by atoms with Gasteiger partial charge in [0.2, 0.25) is 0 Å². The quantitative estimate of drug-likeness (QED) is 0.377. The van der Waals surface area contributed by atoms with Crippen molar-refractivity contribution in [3.05, 3.63) is 78.1 Å². The van der Waals surface area contributed by atoms with Crippen molar-refractivity contribution in [1.82, 2.24) is 20.6 Å². The average molecular weight is 357 g/mol. The van der Waals surface area contributed by atoms with Crippen LogP contribution >= 0.6 is 0 Å². The fraction of sp³-hybridized carbons (Fsp3) is 0.182. The van der Waals surface area contributed by atoms with Gasteiger partial charge in [-0.2, -0.15) is 0 Å². The molecule has 0 saturated carbocycles. The van der Waals surface area contributed by atoms with Crippen LogP contribution < -0.4 is 10.6 Å². The minimum absolute atomic E-state index is 0.682. The largest absolute Gasteiger partial charge is 0.361 e. The van der Waals surface area contributed by atoms with Crippen molar-refractivity contribution in [2.45, 2.75) is 13.0 Å². The molecule has 2 aromatic heterocycles. The molecule has 0 amide bonds. The summed E-state index contributed by atoms with van der Waals surface area (Å²) in [6.45, 7) is 1.50. The number of fused-ring (bicyclic) bond motifs is 2. The molecule has 4 aromatic rings. The standard InChI is InChI=1S/C22H23N5/c1-23-22(25-13-11-17-14-26-20-10-3-2-9-19(17)20)27-15-18-7-4-6-16-8-5-12-24-21(16)18/h2-10,12,14,26H,11,13,15H2,1H3,(H2,23,25,27). The Morgan fingerprint density at radius 1 is 1.00 bits per heavy atom. The molecule has 4 rings (SSSR count). The topological polar surface area (TPSA) is 65.1 Å². The van der Waals surface area contributed by atoms with Gasteiger partial charge in [-0.15, -0.1) is 0 Å². The molecule has 136 valence electrons. The zero-order valence-electron chi connectivity index (χ0n) is 15.4. The van der Waals surface area contributed by atoms with Gasteiger partial charge in [0.1, 0.15) is 0 Å². The molecule has 2 aromatic carbocycles. The van der Waals surface area contributed by atoms with Gasteiger partial charge < -0.3 is 15.6 Å². The lowest BCUT2D eigenvalue weighted by Crippen LogP contribution is -2.37. The Morgan fingerprint density at radius 2 is 1.89 bits per heavy atom. The van der Waals surface area contributed by atoms with Crippen LogP contribution in [0.25, 0.3) is 21.8 Å². The molecule has 0 atom stereocenters. The van der Waals surface area contributed by atoms with E-state index in [0.717, 1.165) is 35.4 Å². The van der Waals surface area contributed by atoms with Gasteiger partial charge in [0.25, 0.3) is 0 Å². The summed E-state index contributed by atoms with van der Waals surface area (Å²) in [6.07, 6.45) is 4.85. The number of benzene rings is 2. The lowest BCUT2D eigenvalue weighted by Gasteiger charge is -2.12. The van der Waals surface area contributed by atoms with Crippen molar-refractivity contribution in [3.63, 3.8) is 0 Å². The van der Waals surface area contributed by atoms with E-state index in [0.29, 0.717) is 6.54 Å². The van der Waals surface area contributed by atoms with E-state index in [1.165, 1.54) is 16.5 Å². The Hall–Kier alpha value is -3.34. The normalized spacial score (nSPS) is 11.8. The number of aromatic amines is 1. The molecule has 3 N–H and O–H groups in total. The van der Waals surface area contributed by atoms with Crippen LogP contribution in [0, 0.1) is 0 Å². The Morgan fingerprint density at radius 3 is 2.81 bits per heavy atom. The molecule has 0 saturated heterocycles. The Kier molecular flexibility index (Phi) is 5.01. The number of guanidine groups is 1. The smallest absolute Gasteiger partial charge is 0.191 e. The average Bonchev–Trinajstić information content (AvgIpc) is 3.13. The second-order valence-electron chi connectivity index (χ2n) is 6.45. The number of aliphatic imine (C=N–C) groups is 1. The summed E-state index contributed by atoms with van der Waals surface area (Å²) in [5, 5.41) is 9.21. The predicted molar refractivity (Wildman–Crippen MR) is 112 cm³/mol. The van der Waals surface area contributed by atoms with Crippen molar-refractivity contribution in [2.24, 2.45) is 4.99 Å². The van der Waals surface area contributed by atoms with Crippen LogP contribution in [0.4, 0.5) is 0 Å². The highest BCUT2D eigenvalue weighted by Gasteiger charge is 2.05. The van der Waals surface area contributed by atoms with E-state index in [2.05, 4.69) is 80.3 Å². The van der Waals surface area contributed by atoms with Crippen LogP contribution in [-0.4, -0.2) is 29.5 Å². The van der Waals surface area contributed by atoms with Gasteiger partial charge >= 0.3 is 0 Å². The molecule has 0 bridgehead atoms. The molecule has 0 radical (unpaired) electrons. The highest BCUT2D eigenvalue weighted by molar-refractivity contribution is 5.84. The van der Waals surface area contributed by atoms with Gasteiger partial charge in [-0.1, -0.05) is 42.5 Å². The van der Waals surface area contributed by atoms with E-state index in [-0.39, 0.29) is 0 Å². The second kappa shape index (κ2) is 7.91. The van der Waals surface area contributed by atoms with Crippen molar-refractivity contribution in [2.75, 3.05) is 13.6 Å².